The quantitative estimate of drug-likeness (QED) is 0.606. The molecule has 5 rings (SSSR count). The number of aromatic nitrogens is 4. The number of anilines is 3. The van der Waals surface area contributed by atoms with E-state index in [9.17, 15) is 0 Å². The standard InChI is InChI=1S/C24H27N7O/c1-30-11-13-31(14-12-30)24-17-22(25-21(27-24)10-9-18-6-3-2-4-7-18)26-23-16-19(28-29-23)20-8-5-15-32-20/h3,5-10,15-17H,2,4,11-14H2,1H3,(H2,25,26,27,28,29)/b10-9+. The number of furan rings is 1. The molecular weight excluding hydrogens is 402 g/mol. The highest BCUT2D eigenvalue weighted by Gasteiger charge is 2.17. The molecule has 32 heavy (non-hydrogen) atoms. The average Bonchev–Trinajstić information content (AvgIpc) is 3.51. The van der Waals surface area contributed by atoms with Crippen LogP contribution in [0.2, 0.25) is 0 Å². The minimum absolute atomic E-state index is 0.672. The van der Waals surface area contributed by atoms with Gasteiger partial charge in [0.15, 0.2) is 17.4 Å². The summed E-state index contributed by atoms with van der Waals surface area (Å²) in [5.74, 6) is 3.71. The van der Waals surface area contributed by atoms with Crippen LogP contribution >= 0.6 is 0 Å². The molecule has 8 nitrogen and oxygen atoms in total. The number of nitrogens with one attached hydrogen (secondary N) is 2. The van der Waals surface area contributed by atoms with Gasteiger partial charge in [0.05, 0.1) is 6.26 Å². The van der Waals surface area contributed by atoms with Crippen molar-refractivity contribution in [1.29, 1.82) is 0 Å². The third kappa shape index (κ3) is 4.81. The maximum atomic E-state index is 5.44. The van der Waals surface area contributed by atoms with Crippen LogP contribution in [0.15, 0.2) is 64.8 Å². The Kier molecular flexibility index (Phi) is 5.85. The topological polar surface area (TPSA) is 86.1 Å². The number of likely N-dealkylation sites (N-methyl/N-ethyl adjacent to an activating group) is 1. The van der Waals surface area contributed by atoms with Crippen LogP contribution in [0.5, 0.6) is 0 Å². The van der Waals surface area contributed by atoms with Gasteiger partial charge in [0.25, 0.3) is 0 Å². The summed E-state index contributed by atoms with van der Waals surface area (Å²) in [7, 11) is 2.15. The second kappa shape index (κ2) is 9.23. The Bertz CT molecular complexity index is 1140. The Balaban J connectivity index is 1.41. The highest BCUT2D eigenvalue weighted by molar-refractivity contribution is 5.64. The molecule has 0 saturated carbocycles. The van der Waals surface area contributed by atoms with Gasteiger partial charge < -0.3 is 19.5 Å². The minimum atomic E-state index is 0.672. The Labute approximate surface area is 187 Å². The number of hydrogen-bond donors (Lipinski definition) is 2. The predicted octanol–water partition coefficient (Wildman–Crippen LogP) is 4.24. The Morgan fingerprint density at radius 3 is 2.75 bits per heavy atom. The first-order valence-electron chi connectivity index (χ1n) is 11.0. The number of rotatable bonds is 6. The summed E-state index contributed by atoms with van der Waals surface area (Å²) in [6.07, 6.45) is 14.4. The van der Waals surface area contributed by atoms with Crippen molar-refractivity contribution < 1.29 is 4.42 Å². The molecule has 1 aliphatic heterocycles. The second-order valence-electron chi connectivity index (χ2n) is 8.05. The third-order valence-electron chi connectivity index (χ3n) is 5.63. The molecular formula is C24H27N7O. The van der Waals surface area contributed by atoms with Crippen LogP contribution in [0.25, 0.3) is 17.5 Å². The van der Waals surface area contributed by atoms with E-state index >= 15 is 0 Å². The first kappa shape index (κ1) is 20.3. The zero-order valence-electron chi connectivity index (χ0n) is 18.2. The largest absolute Gasteiger partial charge is 0.463 e. The lowest BCUT2D eigenvalue weighted by Crippen LogP contribution is -2.44. The summed E-state index contributed by atoms with van der Waals surface area (Å²) in [6.45, 7) is 3.91. The summed E-state index contributed by atoms with van der Waals surface area (Å²) in [5.41, 5.74) is 2.00. The van der Waals surface area contributed by atoms with E-state index in [0.717, 1.165) is 56.3 Å². The molecule has 1 aliphatic carbocycles. The molecule has 0 atom stereocenters. The number of allylic oxidation sites excluding steroid dienone is 5. The van der Waals surface area contributed by atoms with E-state index in [4.69, 9.17) is 14.4 Å². The molecule has 3 aromatic heterocycles. The fraction of sp³-hybridized carbons (Fsp3) is 0.292. The molecule has 0 radical (unpaired) electrons. The van der Waals surface area contributed by atoms with E-state index in [-0.39, 0.29) is 0 Å². The molecule has 8 heteroatoms. The molecule has 0 aromatic carbocycles. The molecule has 3 aromatic rings. The lowest BCUT2D eigenvalue weighted by atomic mass is 10.1. The average molecular weight is 430 g/mol. The van der Waals surface area contributed by atoms with Crippen molar-refractivity contribution in [2.24, 2.45) is 0 Å². The van der Waals surface area contributed by atoms with Crippen LogP contribution < -0.4 is 10.2 Å². The second-order valence-corrected chi connectivity index (χ2v) is 8.05. The lowest BCUT2D eigenvalue weighted by Gasteiger charge is -2.33. The minimum Gasteiger partial charge on any atom is -0.463 e. The monoisotopic (exact) mass is 429 g/mol. The molecule has 1 saturated heterocycles. The van der Waals surface area contributed by atoms with Gasteiger partial charge in [0.1, 0.15) is 17.3 Å². The maximum Gasteiger partial charge on any atom is 0.156 e. The first-order chi connectivity index (χ1) is 15.7. The third-order valence-corrected chi connectivity index (χ3v) is 5.63. The van der Waals surface area contributed by atoms with Gasteiger partial charge in [-0.2, -0.15) is 5.10 Å². The van der Waals surface area contributed by atoms with Crippen molar-refractivity contribution in [3.8, 4) is 11.5 Å². The normalized spacial score (nSPS) is 17.2. The molecule has 4 heterocycles. The van der Waals surface area contributed by atoms with Gasteiger partial charge in [-0.05, 0) is 43.7 Å². The maximum absolute atomic E-state index is 5.44. The van der Waals surface area contributed by atoms with Crippen molar-refractivity contribution in [2.45, 2.75) is 12.8 Å². The summed E-state index contributed by atoms with van der Waals surface area (Å²) >= 11 is 0. The summed E-state index contributed by atoms with van der Waals surface area (Å²) in [5, 5.41) is 10.7. The molecule has 0 unspecified atom stereocenters. The van der Waals surface area contributed by atoms with E-state index in [1.807, 2.05) is 30.3 Å². The summed E-state index contributed by atoms with van der Waals surface area (Å²) in [4.78, 5) is 14.2. The van der Waals surface area contributed by atoms with Gasteiger partial charge >= 0.3 is 0 Å². The van der Waals surface area contributed by atoms with Gasteiger partial charge in [-0.25, -0.2) is 9.97 Å². The number of piperazine rings is 1. The number of aromatic amines is 1. The van der Waals surface area contributed by atoms with Crippen molar-refractivity contribution >= 4 is 23.5 Å². The van der Waals surface area contributed by atoms with Gasteiger partial charge in [-0.15, -0.1) is 0 Å². The van der Waals surface area contributed by atoms with Crippen LogP contribution in [0.1, 0.15) is 18.7 Å². The van der Waals surface area contributed by atoms with Gasteiger partial charge in [-0.1, -0.05) is 24.3 Å². The summed E-state index contributed by atoms with van der Waals surface area (Å²) in [6, 6.07) is 7.64. The van der Waals surface area contributed by atoms with E-state index in [0.29, 0.717) is 17.5 Å². The molecule has 164 valence electrons. The number of H-pyrrole nitrogens is 1. The van der Waals surface area contributed by atoms with Crippen molar-refractivity contribution in [3.05, 3.63) is 66.2 Å². The fourth-order valence-corrected chi connectivity index (χ4v) is 3.79. The fourth-order valence-electron chi connectivity index (χ4n) is 3.79. The Morgan fingerprint density at radius 1 is 1.06 bits per heavy atom. The first-order valence-corrected chi connectivity index (χ1v) is 11.0. The Morgan fingerprint density at radius 2 is 1.97 bits per heavy atom. The number of hydrogen-bond acceptors (Lipinski definition) is 7. The van der Waals surface area contributed by atoms with Crippen molar-refractivity contribution in [1.82, 2.24) is 25.1 Å². The van der Waals surface area contributed by atoms with Gasteiger partial charge in [0.2, 0.25) is 0 Å². The highest BCUT2D eigenvalue weighted by atomic mass is 16.3. The predicted molar refractivity (Wildman–Crippen MR) is 127 cm³/mol. The molecule has 1 fully saturated rings. The zero-order valence-corrected chi connectivity index (χ0v) is 18.2. The number of nitrogens with zero attached hydrogens (tertiary/aromatic N) is 5. The van der Waals surface area contributed by atoms with Crippen molar-refractivity contribution in [3.63, 3.8) is 0 Å². The van der Waals surface area contributed by atoms with Gasteiger partial charge in [0, 0.05) is 38.3 Å². The van der Waals surface area contributed by atoms with Crippen LogP contribution in [0, 0.1) is 0 Å². The molecule has 0 amide bonds. The van der Waals surface area contributed by atoms with Crippen LogP contribution in [-0.4, -0.2) is 58.3 Å². The molecule has 2 N–H and O–H groups in total. The molecule has 0 bridgehead atoms. The van der Waals surface area contributed by atoms with E-state index < -0.39 is 0 Å². The Hall–Kier alpha value is -3.65. The lowest BCUT2D eigenvalue weighted by molar-refractivity contribution is 0.312. The molecule has 0 spiro atoms. The molecule has 2 aliphatic rings. The van der Waals surface area contributed by atoms with Gasteiger partial charge in [-0.3, -0.25) is 5.10 Å². The van der Waals surface area contributed by atoms with E-state index in [2.05, 4.69) is 56.7 Å². The van der Waals surface area contributed by atoms with Crippen molar-refractivity contribution in [2.75, 3.05) is 43.4 Å². The van der Waals surface area contributed by atoms with Crippen LogP contribution in [0.4, 0.5) is 17.5 Å². The van der Waals surface area contributed by atoms with Crippen LogP contribution in [0.3, 0.4) is 0 Å². The smallest absolute Gasteiger partial charge is 0.156 e. The SMILES string of the molecule is CN1CCN(c2cc(Nc3cc(-c4ccco4)[nH]n3)nc(/C=C/C3=CCCC=C3)n2)CC1. The van der Waals surface area contributed by atoms with E-state index in [1.54, 1.807) is 6.26 Å². The zero-order chi connectivity index (χ0) is 21.8. The van der Waals surface area contributed by atoms with Crippen LogP contribution in [-0.2, 0) is 0 Å². The van der Waals surface area contributed by atoms with E-state index in [1.165, 1.54) is 5.57 Å². The highest BCUT2D eigenvalue weighted by Crippen LogP contribution is 2.24. The summed E-state index contributed by atoms with van der Waals surface area (Å²) < 4.78 is 5.44.